The van der Waals surface area contributed by atoms with Crippen LogP contribution in [0.3, 0.4) is 0 Å². The summed E-state index contributed by atoms with van der Waals surface area (Å²) in [7, 11) is 0. The molecule has 6 heteroatoms. The summed E-state index contributed by atoms with van der Waals surface area (Å²) >= 11 is 0. The summed E-state index contributed by atoms with van der Waals surface area (Å²) in [6.07, 6.45) is 5.59. The van der Waals surface area contributed by atoms with Crippen LogP contribution in [0.4, 0.5) is 0 Å². The second kappa shape index (κ2) is 6.06. The Bertz CT molecular complexity index is 482. The van der Waals surface area contributed by atoms with Gasteiger partial charge >= 0.3 is 0 Å². The van der Waals surface area contributed by atoms with E-state index in [0.717, 1.165) is 37.4 Å². The van der Waals surface area contributed by atoms with Gasteiger partial charge in [0, 0.05) is 18.3 Å². The van der Waals surface area contributed by atoms with E-state index in [-0.39, 0.29) is 17.0 Å². The van der Waals surface area contributed by atoms with Gasteiger partial charge in [0.15, 0.2) is 0 Å². The number of aromatic nitrogens is 3. The van der Waals surface area contributed by atoms with E-state index in [9.17, 15) is 0 Å². The Morgan fingerprint density at radius 2 is 2.06 bits per heavy atom. The van der Waals surface area contributed by atoms with E-state index in [1.165, 1.54) is 0 Å². The van der Waals surface area contributed by atoms with Gasteiger partial charge in [-0.15, -0.1) is 27.2 Å². The van der Waals surface area contributed by atoms with Crippen LogP contribution in [0.1, 0.15) is 24.7 Å². The van der Waals surface area contributed by atoms with Crippen LogP contribution in [-0.2, 0) is 0 Å². The van der Waals surface area contributed by atoms with E-state index in [4.69, 9.17) is 4.42 Å². The highest BCUT2D eigenvalue weighted by molar-refractivity contribution is 8.93. The molecule has 18 heavy (non-hydrogen) atoms. The SMILES string of the molecule is Br.c1cncc(-c2nnc(C3CCNCC3)o2)c1. The lowest BCUT2D eigenvalue weighted by atomic mass is 9.98. The Morgan fingerprint density at radius 1 is 1.22 bits per heavy atom. The van der Waals surface area contributed by atoms with E-state index in [0.29, 0.717) is 11.8 Å². The molecule has 1 aliphatic rings. The first-order valence-corrected chi connectivity index (χ1v) is 5.88. The molecular weight excluding hydrogens is 296 g/mol. The summed E-state index contributed by atoms with van der Waals surface area (Å²) in [6, 6.07) is 3.79. The zero-order valence-corrected chi connectivity index (χ0v) is 11.6. The van der Waals surface area contributed by atoms with Gasteiger partial charge < -0.3 is 9.73 Å². The molecule has 0 saturated carbocycles. The predicted octanol–water partition coefficient (Wildman–Crippen LogP) is 2.18. The molecule has 96 valence electrons. The van der Waals surface area contributed by atoms with Crippen molar-refractivity contribution >= 4 is 17.0 Å². The molecule has 5 nitrogen and oxygen atoms in total. The molecule has 2 aromatic rings. The number of rotatable bonds is 2. The molecule has 2 aromatic heterocycles. The lowest BCUT2D eigenvalue weighted by Gasteiger charge is -2.18. The van der Waals surface area contributed by atoms with E-state index in [1.807, 2.05) is 12.1 Å². The summed E-state index contributed by atoms with van der Waals surface area (Å²) in [5, 5.41) is 11.6. The van der Waals surface area contributed by atoms with Crippen molar-refractivity contribution in [1.29, 1.82) is 0 Å². The predicted molar refractivity (Wildman–Crippen MR) is 72.7 cm³/mol. The third kappa shape index (κ3) is 2.76. The largest absolute Gasteiger partial charge is 0.420 e. The molecule has 0 spiro atoms. The minimum Gasteiger partial charge on any atom is -0.420 e. The monoisotopic (exact) mass is 310 g/mol. The Morgan fingerprint density at radius 3 is 2.78 bits per heavy atom. The van der Waals surface area contributed by atoms with Gasteiger partial charge in [0.25, 0.3) is 0 Å². The summed E-state index contributed by atoms with van der Waals surface area (Å²) in [4.78, 5) is 4.05. The zero-order chi connectivity index (χ0) is 11.5. The van der Waals surface area contributed by atoms with E-state index >= 15 is 0 Å². The van der Waals surface area contributed by atoms with Gasteiger partial charge in [-0.3, -0.25) is 4.98 Å². The molecule has 0 bridgehead atoms. The number of hydrogen-bond acceptors (Lipinski definition) is 5. The van der Waals surface area contributed by atoms with Crippen LogP contribution >= 0.6 is 17.0 Å². The molecule has 0 unspecified atom stereocenters. The van der Waals surface area contributed by atoms with Gasteiger partial charge in [0.05, 0.1) is 5.56 Å². The quantitative estimate of drug-likeness (QED) is 0.921. The molecule has 0 atom stereocenters. The third-order valence-corrected chi connectivity index (χ3v) is 3.04. The summed E-state index contributed by atoms with van der Waals surface area (Å²) in [6.45, 7) is 2.05. The molecule has 3 heterocycles. The Labute approximate surface area is 116 Å². The maximum absolute atomic E-state index is 5.72. The molecule has 0 aromatic carbocycles. The van der Waals surface area contributed by atoms with Crippen molar-refractivity contribution in [2.24, 2.45) is 0 Å². The average molecular weight is 311 g/mol. The lowest BCUT2D eigenvalue weighted by molar-refractivity contribution is 0.378. The molecule has 1 fully saturated rings. The standard InChI is InChI=1S/C12H14N4O.BrH/c1-2-10(8-14-5-1)12-16-15-11(17-12)9-3-6-13-7-4-9;/h1-2,5,8-9,13H,3-4,6-7H2;1H. The molecule has 1 saturated heterocycles. The minimum absolute atomic E-state index is 0. The summed E-state index contributed by atoms with van der Waals surface area (Å²) < 4.78 is 5.72. The molecule has 0 amide bonds. The van der Waals surface area contributed by atoms with Crippen LogP contribution in [0.2, 0.25) is 0 Å². The zero-order valence-electron chi connectivity index (χ0n) is 9.87. The first-order chi connectivity index (χ1) is 8.43. The van der Waals surface area contributed by atoms with Crippen LogP contribution in [-0.4, -0.2) is 28.3 Å². The number of hydrogen-bond donors (Lipinski definition) is 1. The molecule has 0 radical (unpaired) electrons. The average Bonchev–Trinajstić information content (AvgIpc) is 2.90. The second-order valence-electron chi connectivity index (χ2n) is 4.21. The maximum atomic E-state index is 5.72. The fourth-order valence-electron chi connectivity index (χ4n) is 2.07. The first kappa shape index (κ1) is 13.2. The van der Waals surface area contributed by atoms with Crippen molar-refractivity contribution in [1.82, 2.24) is 20.5 Å². The van der Waals surface area contributed by atoms with Crippen LogP contribution in [0.15, 0.2) is 28.9 Å². The second-order valence-corrected chi connectivity index (χ2v) is 4.21. The summed E-state index contributed by atoms with van der Waals surface area (Å²) in [5.41, 5.74) is 0.875. The highest BCUT2D eigenvalue weighted by Crippen LogP contribution is 2.26. The molecule has 1 aliphatic heterocycles. The van der Waals surface area contributed by atoms with Gasteiger partial charge in [-0.2, -0.15) is 0 Å². The minimum atomic E-state index is 0. The maximum Gasteiger partial charge on any atom is 0.249 e. The topological polar surface area (TPSA) is 63.8 Å². The van der Waals surface area contributed by atoms with Crippen molar-refractivity contribution in [3.8, 4) is 11.5 Å². The van der Waals surface area contributed by atoms with E-state index < -0.39 is 0 Å². The molecule has 1 N–H and O–H groups in total. The van der Waals surface area contributed by atoms with Gasteiger partial charge in [0.2, 0.25) is 11.8 Å². The fraction of sp³-hybridized carbons (Fsp3) is 0.417. The Kier molecular flexibility index (Phi) is 4.43. The van der Waals surface area contributed by atoms with Crippen LogP contribution < -0.4 is 5.32 Å². The van der Waals surface area contributed by atoms with Crippen molar-refractivity contribution in [3.05, 3.63) is 30.4 Å². The number of pyridine rings is 1. The van der Waals surface area contributed by atoms with Crippen molar-refractivity contribution in [2.45, 2.75) is 18.8 Å². The Balaban J connectivity index is 0.00000120. The highest BCUT2D eigenvalue weighted by atomic mass is 79.9. The molecular formula is C12H15BrN4O. The van der Waals surface area contributed by atoms with Gasteiger partial charge in [0.1, 0.15) is 0 Å². The smallest absolute Gasteiger partial charge is 0.249 e. The van der Waals surface area contributed by atoms with Crippen molar-refractivity contribution < 1.29 is 4.42 Å². The van der Waals surface area contributed by atoms with Gasteiger partial charge in [-0.1, -0.05) is 0 Å². The number of halogens is 1. The van der Waals surface area contributed by atoms with Crippen LogP contribution in [0.25, 0.3) is 11.5 Å². The van der Waals surface area contributed by atoms with E-state index in [1.54, 1.807) is 12.4 Å². The van der Waals surface area contributed by atoms with E-state index in [2.05, 4.69) is 20.5 Å². The Hall–Kier alpha value is -1.27. The van der Waals surface area contributed by atoms with Crippen molar-refractivity contribution in [2.75, 3.05) is 13.1 Å². The number of nitrogens with one attached hydrogen (secondary N) is 1. The number of nitrogens with zero attached hydrogens (tertiary/aromatic N) is 3. The lowest BCUT2D eigenvalue weighted by Crippen LogP contribution is -2.26. The van der Waals surface area contributed by atoms with Crippen LogP contribution in [0, 0.1) is 0 Å². The third-order valence-electron chi connectivity index (χ3n) is 3.04. The molecule has 3 rings (SSSR count). The number of piperidine rings is 1. The highest BCUT2D eigenvalue weighted by Gasteiger charge is 2.21. The fourth-order valence-corrected chi connectivity index (χ4v) is 2.07. The normalized spacial score (nSPS) is 16.2. The summed E-state index contributed by atoms with van der Waals surface area (Å²) in [5.74, 6) is 1.71. The van der Waals surface area contributed by atoms with Crippen molar-refractivity contribution in [3.63, 3.8) is 0 Å². The molecule has 0 aliphatic carbocycles. The van der Waals surface area contributed by atoms with Crippen LogP contribution in [0.5, 0.6) is 0 Å². The first-order valence-electron chi connectivity index (χ1n) is 5.88. The van der Waals surface area contributed by atoms with Gasteiger partial charge in [-0.25, -0.2) is 0 Å². The van der Waals surface area contributed by atoms with Gasteiger partial charge in [-0.05, 0) is 38.1 Å².